The number of carbonyl (C=O) groups is 1. The first-order valence-electron chi connectivity index (χ1n) is 13.3. The Hall–Kier alpha value is -1.59. The van der Waals surface area contributed by atoms with Crippen LogP contribution in [-0.4, -0.2) is 26.0 Å². The number of anilines is 2. The molecule has 1 aromatic rings. The molecule has 8 atom stereocenters. The van der Waals surface area contributed by atoms with Crippen molar-refractivity contribution < 1.29 is 9.53 Å². The largest absolute Gasteiger partial charge is 0.397 e. The average Bonchev–Trinajstić information content (AvgIpc) is 3.16. The highest BCUT2D eigenvalue weighted by Crippen LogP contribution is 2.64. The molecule has 4 saturated carbocycles. The van der Waals surface area contributed by atoms with Crippen molar-refractivity contribution in [2.45, 2.75) is 64.7 Å². The molecule has 0 radical (unpaired) electrons. The Bertz CT molecular complexity index is 859. The van der Waals surface area contributed by atoms with Crippen molar-refractivity contribution >= 4 is 17.2 Å². The summed E-state index contributed by atoms with van der Waals surface area (Å²) < 4.78 is 5.48. The van der Waals surface area contributed by atoms with Gasteiger partial charge in [-0.1, -0.05) is 19.1 Å². The number of Topliss-reactive ketones (excluding diaryl/α,β-unsaturated/α-hetero) is 1. The lowest BCUT2D eigenvalue weighted by Crippen LogP contribution is -2.50. The number of ketones is 1. The van der Waals surface area contributed by atoms with Crippen molar-refractivity contribution in [3.8, 4) is 0 Å². The summed E-state index contributed by atoms with van der Waals surface area (Å²) in [7, 11) is 1.85. The predicted octanol–water partition coefficient (Wildman–Crippen LogP) is 5.05. The number of ether oxygens (including phenoxy) is 1. The molecule has 0 saturated heterocycles. The van der Waals surface area contributed by atoms with Crippen LogP contribution in [-0.2, 0) is 9.53 Å². The minimum Gasteiger partial charge on any atom is -0.397 e. The molecule has 0 bridgehead atoms. The third-order valence-electron chi connectivity index (χ3n) is 10.4. The van der Waals surface area contributed by atoms with Gasteiger partial charge in [0, 0.05) is 19.6 Å². The second-order valence-electron chi connectivity index (χ2n) is 11.9. The Balaban J connectivity index is 1.26. The number of hydrogen-bond donors (Lipinski definition) is 2. The lowest BCUT2D eigenvalue weighted by molar-refractivity contribution is -0.129. The number of carbonyl (C=O) groups excluding carboxylic acids is 1. The van der Waals surface area contributed by atoms with E-state index in [-0.39, 0.29) is 17.9 Å². The van der Waals surface area contributed by atoms with E-state index in [9.17, 15) is 4.79 Å². The molecule has 182 valence electrons. The van der Waals surface area contributed by atoms with Crippen LogP contribution in [0.2, 0.25) is 0 Å². The van der Waals surface area contributed by atoms with Crippen LogP contribution >= 0.6 is 0 Å². The smallest absolute Gasteiger partial charge is 0.157 e. The maximum atomic E-state index is 13.5. The summed E-state index contributed by atoms with van der Waals surface area (Å²) >= 11 is 0. The van der Waals surface area contributed by atoms with Crippen LogP contribution in [0.25, 0.3) is 0 Å². The molecule has 0 aromatic heterocycles. The van der Waals surface area contributed by atoms with Crippen LogP contribution in [0.1, 0.15) is 64.7 Å². The number of para-hydroxylation sites is 2. The molecule has 0 spiro atoms. The molecule has 1 aromatic carbocycles. The maximum Gasteiger partial charge on any atom is 0.157 e. The number of nitrogen functional groups attached to an aromatic ring is 1. The number of hydrazine groups is 1. The summed E-state index contributed by atoms with van der Waals surface area (Å²) in [4.78, 5) is 13.5. The van der Waals surface area contributed by atoms with Gasteiger partial charge in [0.25, 0.3) is 0 Å². The van der Waals surface area contributed by atoms with E-state index in [1.807, 2.05) is 31.4 Å². The summed E-state index contributed by atoms with van der Waals surface area (Å²) in [6.07, 6.45) is 11.6. The van der Waals surface area contributed by atoms with Crippen molar-refractivity contribution in [2.75, 3.05) is 31.0 Å². The van der Waals surface area contributed by atoms with E-state index in [2.05, 4.69) is 6.92 Å². The fraction of sp³-hybridized carbons (Fsp3) is 0.750. The maximum absolute atomic E-state index is 13.5. The Kier molecular flexibility index (Phi) is 6.47. The first-order chi connectivity index (χ1) is 15.9. The second kappa shape index (κ2) is 9.22. The second-order valence-corrected chi connectivity index (χ2v) is 11.9. The summed E-state index contributed by atoms with van der Waals surface area (Å²) in [5.74, 6) is 11.7. The Morgan fingerprint density at radius 1 is 1.06 bits per heavy atom. The van der Waals surface area contributed by atoms with Gasteiger partial charge in [-0.15, -0.1) is 0 Å². The summed E-state index contributed by atoms with van der Waals surface area (Å²) in [5.41, 5.74) is 7.61. The highest BCUT2D eigenvalue weighted by molar-refractivity contribution is 5.87. The number of benzene rings is 1. The van der Waals surface area contributed by atoms with Gasteiger partial charge in [0.1, 0.15) is 0 Å². The third kappa shape index (κ3) is 4.10. The van der Waals surface area contributed by atoms with E-state index in [1.165, 1.54) is 51.4 Å². The van der Waals surface area contributed by atoms with Gasteiger partial charge < -0.3 is 15.5 Å². The molecule has 5 heteroatoms. The Morgan fingerprint density at radius 2 is 1.85 bits per heavy atom. The van der Waals surface area contributed by atoms with Crippen molar-refractivity contribution in [3.63, 3.8) is 0 Å². The predicted molar refractivity (Wildman–Crippen MR) is 133 cm³/mol. The molecule has 5 rings (SSSR count). The van der Waals surface area contributed by atoms with Crippen molar-refractivity contribution in [1.29, 1.82) is 0 Å². The molecule has 4 aliphatic carbocycles. The van der Waals surface area contributed by atoms with Crippen LogP contribution < -0.4 is 16.6 Å². The lowest BCUT2D eigenvalue weighted by Gasteiger charge is -2.56. The quantitative estimate of drug-likeness (QED) is 0.358. The normalized spacial score (nSPS) is 39.9. The molecule has 8 unspecified atom stereocenters. The minimum atomic E-state index is 0.134. The Morgan fingerprint density at radius 3 is 2.64 bits per heavy atom. The molecule has 4 aliphatic rings. The van der Waals surface area contributed by atoms with Gasteiger partial charge in [0.05, 0.1) is 17.9 Å². The third-order valence-corrected chi connectivity index (χ3v) is 10.4. The molecule has 33 heavy (non-hydrogen) atoms. The molecular weight excluding hydrogens is 410 g/mol. The van der Waals surface area contributed by atoms with Crippen molar-refractivity contribution in [3.05, 3.63) is 24.3 Å². The van der Waals surface area contributed by atoms with Crippen LogP contribution in [0, 0.1) is 46.8 Å². The molecule has 0 amide bonds. The van der Waals surface area contributed by atoms with Crippen LogP contribution in [0.3, 0.4) is 0 Å². The van der Waals surface area contributed by atoms with E-state index in [0.29, 0.717) is 17.4 Å². The number of methoxy groups -OCH3 is 1. The topological polar surface area (TPSA) is 81.6 Å². The van der Waals surface area contributed by atoms with Gasteiger partial charge in [0.15, 0.2) is 5.78 Å². The van der Waals surface area contributed by atoms with Gasteiger partial charge in [-0.05, 0) is 111 Å². The highest BCUT2D eigenvalue weighted by Gasteiger charge is 2.58. The molecule has 5 nitrogen and oxygen atoms in total. The zero-order chi connectivity index (χ0) is 23.2. The molecule has 4 N–H and O–H groups in total. The number of fused-ring (bicyclic) bond motifs is 5. The fourth-order valence-electron chi connectivity index (χ4n) is 8.98. The zero-order valence-corrected chi connectivity index (χ0v) is 20.5. The number of nitrogens with zero attached hydrogens (tertiary/aromatic N) is 1. The summed E-state index contributed by atoms with van der Waals surface area (Å²) in [6.45, 7) is 3.62. The molecular formula is C28H43N3O2. The number of nitrogens with two attached hydrogens (primary N) is 2. The van der Waals surface area contributed by atoms with Crippen LogP contribution in [0.5, 0.6) is 0 Å². The molecule has 0 aliphatic heterocycles. The number of rotatable bonds is 6. The van der Waals surface area contributed by atoms with Crippen LogP contribution in [0.4, 0.5) is 11.4 Å². The van der Waals surface area contributed by atoms with Crippen LogP contribution in [0.15, 0.2) is 24.3 Å². The van der Waals surface area contributed by atoms with E-state index < -0.39 is 0 Å². The number of hydrogen-bond acceptors (Lipinski definition) is 5. The van der Waals surface area contributed by atoms with Crippen molar-refractivity contribution in [2.24, 2.45) is 52.7 Å². The minimum absolute atomic E-state index is 0.134. The van der Waals surface area contributed by atoms with E-state index >= 15 is 0 Å². The zero-order valence-electron chi connectivity index (χ0n) is 20.5. The first kappa shape index (κ1) is 23.2. The van der Waals surface area contributed by atoms with E-state index in [4.69, 9.17) is 16.3 Å². The highest BCUT2D eigenvalue weighted by atomic mass is 16.5. The molecule has 0 heterocycles. The van der Waals surface area contributed by atoms with Gasteiger partial charge in [0.2, 0.25) is 0 Å². The Labute approximate surface area is 199 Å². The summed E-state index contributed by atoms with van der Waals surface area (Å²) in [5, 5.41) is 1.56. The van der Waals surface area contributed by atoms with E-state index in [1.54, 1.807) is 5.01 Å². The first-order valence-corrected chi connectivity index (χ1v) is 13.3. The summed E-state index contributed by atoms with van der Waals surface area (Å²) in [6, 6.07) is 7.55. The molecule has 4 fully saturated rings. The fourth-order valence-corrected chi connectivity index (χ4v) is 8.98. The monoisotopic (exact) mass is 453 g/mol. The van der Waals surface area contributed by atoms with Gasteiger partial charge in [-0.25, -0.2) is 5.84 Å². The van der Waals surface area contributed by atoms with E-state index in [0.717, 1.165) is 48.3 Å². The SMILES string of the molecule is COCC1CCC2C(CCC3C2CCC2(C)C(C(=O)CN(N)c4ccccc4N)CCC32)C1. The average molecular weight is 454 g/mol. The lowest BCUT2D eigenvalue weighted by atomic mass is 9.49. The van der Waals surface area contributed by atoms with Gasteiger partial charge >= 0.3 is 0 Å². The van der Waals surface area contributed by atoms with Crippen molar-refractivity contribution in [1.82, 2.24) is 0 Å². The standard InChI is InChI=1S/C28H43N3O2/c1-28-14-13-21-20-9-7-18(17-33-2)15-19(20)8-10-22(21)23(28)11-12-24(28)27(32)16-31(30)26-6-4-3-5-25(26)29/h3-6,18-24H,7-17,29-30H2,1-2H3. The van der Waals surface area contributed by atoms with Gasteiger partial charge in [-0.2, -0.15) is 0 Å². The van der Waals surface area contributed by atoms with Gasteiger partial charge in [-0.3, -0.25) is 4.79 Å².